The molecule has 0 aliphatic carbocycles. The van der Waals surface area contributed by atoms with Gasteiger partial charge in [-0.2, -0.15) is 0 Å². The molecular weight excluding hydrogens is 344 g/mol. The van der Waals surface area contributed by atoms with Crippen molar-refractivity contribution in [1.82, 2.24) is 19.8 Å². The zero-order chi connectivity index (χ0) is 19.2. The zero-order valence-electron chi connectivity index (χ0n) is 15.6. The molecule has 7 heteroatoms. The lowest BCUT2D eigenvalue weighted by molar-refractivity contribution is -0.122. The Morgan fingerprint density at radius 1 is 1.15 bits per heavy atom. The van der Waals surface area contributed by atoms with E-state index in [-0.39, 0.29) is 18.5 Å². The normalized spacial score (nSPS) is 16.0. The molecule has 7 nitrogen and oxygen atoms in total. The van der Waals surface area contributed by atoms with Crippen LogP contribution >= 0.6 is 0 Å². The smallest absolute Gasteiger partial charge is 0.328 e. The van der Waals surface area contributed by atoms with Crippen molar-refractivity contribution < 1.29 is 4.79 Å². The second-order valence-electron chi connectivity index (χ2n) is 7.03. The molecule has 2 aromatic rings. The average Bonchev–Trinajstić information content (AvgIpc) is 2.68. The van der Waals surface area contributed by atoms with Crippen LogP contribution in [0.1, 0.15) is 36.4 Å². The zero-order valence-corrected chi connectivity index (χ0v) is 15.6. The molecule has 1 aromatic heterocycles. The molecule has 2 heterocycles. The van der Waals surface area contributed by atoms with Crippen LogP contribution in [0.3, 0.4) is 0 Å². The van der Waals surface area contributed by atoms with E-state index in [0.717, 1.165) is 13.1 Å². The Balaban J connectivity index is 1.68. The Hall–Kier alpha value is -2.67. The summed E-state index contributed by atoms with van der Waals surface area (Å²) in [4.78, 5) is 40.3. The summed E-state index contributed by atoms with van der Waals surface area (Å²) >= 11 is 0. The quantitative estimate of drug-likeness (QED) is 0.800. The predicted octanol–water partition coefficient (Wildman–Crippen LogP) is 1.19. The van der Waals surface area contributed by atoms with Crippen molar-refractivity contribution in [3.8, 4) is 0 Å². The van der Waals surface area contributed by atoms with Crippen LogP contribution in [-0.4, -0.2) is 40.0 Å². The van der Waals surface area contributed by atoms with Gasteiger partial charge in [-0.3, -0.25) is 24.0 Å². The van der Waals surface area contributed by atoms with Gasteiger partial charge in [0.15, 0.2) is 0 Å². The summed E-state index contributed by atoms with van der Waals surface area (Å²) in [6, 6.07) is 10.3. The molecule has 0 spiro atoms. The van der Waals surface area contributed by atoms with Gasteiger partial charge in [-0.25, -0.2) is 4.79 Å². The number of H-pyrrole nitrogens is 1. The SMILES string of the molecule is Cc1cn(CC(=O)NCC(c2ccccc2)N2CCCCC2)c(=O)[nH]c1=O. The number of amides is 1. The van der Waals surface area contributed by atoms with Gasteiger partial charge in [0.25, 0.3) is 5.56 Å². The summed E-state index contributed by atoms with van der Waals surface area (Å²) in [6.07, 6.45) is 5.01. The first-order valence-corrected chi connectivity index (χ1v) is 9.40. The number of aryl methyl sites for hydroxylation is 1. The highest BCUT2D eigenvalue weighted by molar-refractivity contribution is 5.75. The number of aromatic amines is 1. The van der Waals surface area contributed by atoms with Crippen molar-refractivity contribution in [3.63, 3.8) is 0 Å². The third-order valence-electron chi connectivity index (χ3n) is 5.01. The van der Waals surface area contributed by atoms with Crippen molar-refractivity contribution in [2.75, 3.05) is 19.6 Å². The molecule has 1 amide bonds. The third kappa shape index (κ3) is 4.95. The van der Waals surface area contributed by atoms with E-state index in [9.17, 15) is 14.4 Å². The summed E-state index contributed by atoms with van der Waals surface area (Å²) in [5, 5.41) is 2.96. The molecule has 1 aliphatic heterocycles. The van der Waals surface area contributed by atoms with Gasteiger partial charge >= 0.3 is 5.69 Å². The van der Waals surface area contributed by atoms with Gasteiger partial charge in [-0.1, -0.05) is 36.8 Å². The van der Waals surface area contributed by atoms with Crippen molar-refractivity contribution in [3.05, 3.63) is 68.5 Å². The first-order chi connectivity index (χ1) is 13.0. The maximum atomic E-state index is 12.4. The van der Waals surface area contributed by atoms with Crippen LogP contribution in [0.2, 0.25) is 0 Å². The number of benzene rings is 1. The van der Waals surface area contributed by atoms with E-state index < -0.39 is 11.2 Å². The van der Waals surface area contributed by atoms with Gasteiger partial charge in [-0.15, -0.1) is 0 Å². The van der Waals surface area contributed by atoms with Crippen LogP contribution in [-0.2, 0) is 11.3 Å². The molecule has 2 N–H and O–H groups in total. The molecule has 144 valence electrons. The minimum absolute atomic E-state index is 0.113. The summed E-state index contributed by atoms with van der Waals surface area (Å²) in [5.41, 5.74) is 0.580. The number of nitrogens with zero attached hydrogens (tertiary/aromatic N) is 2. The Morgan fingerprint density at radius 3 is 2.56 bits per heavy atom. The molecule has 1 aromatic carbocycles. The molecule has 1 unspecified atom stereocenters. The predicted molar refractivity (Wildman–Crippen MR) is 104 cm³/mol. The number of hydrogen-bond acceptors (Lipinski definition) is 4. The number of aromatic nitrogens is 2. The van der Waals surface area contributed by atoms with Gasteiger partial charge in [0, 0.05) is 18.3 Å². The highest BCUT2D eigenvalue weighted by atomic mass is 16.2. The van der Waals surface area contributed by atoms with Crippen molar-refractivity contribution in [2.45, 2.75) is 38.8 Å². The molecule has 0 radical (unpaired) electrons. The van der Waals surface area contributed by atoms with E-state index in [1.165, 1.54) is 35.6 Å². The molecule has 1 aliphatic rings. The van der Waals surface area contributed by atoms with Gasteiger partial charge in [0.05, 0.1) is 6.04 Å². The fraction of sp³-hybridized carbons (Fsp3) is 0.450. The van der Waals surface area contributed by atoms with Gasteiger partial charge in [0.2, 0.25) is 5.91 Å². The fourth-order valence-electron chi connectivity index (χ4n) is 3.52. The number of nitrogens with one attached hydrogen (secondary N) is 2. The van der Waals surface area contributed by atoms with E-state index in [2.05, 4.69) is 27.3 Å². The van der Waals surface area contributed by atoms with E-state index in [1.54, 1.807) is 6.92 Å². The number of rotatable bonds is 6. The second kappa shape index (κ2) is 8.81. The standard InChI is InChI=1S/C20H26N4O3/c1-15-13-24(20(27)22-19(15)26)14-18(25)21-12-17(16-8-4-2-5-9-16)23-10-6-3-7-11-23/h2,4-5,8-9,13,17H,3,6-7,10-12,14H2,1H3,(H,21,25)(H,22,26,27). The van der Waals surface area contributed by atoms with Crippen LogP contribution < -0.4 is 16.6 Å². The van der Waals surface area contributed by atoms with E-state index in [0.29, 0.717) is 12.1 Å². The number of hydrogen-bond donors (Lipinski definition) is 2. The molecule has 0 bridgehead atoms. The third-order valence-corrected chi connectivity index (χ3v) is 5.01. The lowest BCUT2D eigenvalue weighted by atomic mass is 10.0. The lowest BCUT2D eigenvalue weighted by Crippen LogP contribution is -2.42. The highest BCUT2D eigenvalue weighted by Crippen LogP contribution is 2.23. The number of likely N-dealkylation sites (tertiary alicyclic amines) is 1. The molecule has 1 atom stereocenters. The van der Waals surface area contributed by atoms with Gasteiger partial charge in [0.1, 0.15) is 6.54 Å². The van der Waals surface area contributed by atoms with Crippen molar-refractivity contribution in [2.24, 2.45) is 0 Å². The average molecular weight is 370 g/mol. The van der Waals surface area contributed by atoms with Crippen LogP contribution in [0.5, 0.6) is 0 Å². The summed E-state index contributed by atoms with van der Waals surface area (Å²) in [7, 11) is 0. The largest absolute Gasteiger partial charge is 0.353 e. The Bertz CT molecular complexity index is 882. The van der Waals surface area contributed by atoms with E-state index in [1.807, 2.05) is 18.2 Å². The Morgan fingerprint density at radius 2 is 1.85 bits per heavy atom. The topological polar surface area (TPSA) is 87.2 Å². The van der Waals surface area contributed by atoms with Gasteiger partial charge in [-0.05, 0) is 38.4 Å². The molecule has 1 fully saturated rings. The summed E-state index contributed by atoms with van der Waals surface area (Å²) < 4.78 is 1.23. The Kier molecular flexibility index (Phi) is 6.24. The maximum Gasteiger partial charge on any atom is 0.328 e. The minimum Gasteiger partial charge on any atom is -0.353 e. The summed E-state index contributed by atoms with van der Waals surface area (Å²) in [6.45, 7) is 4.02. The van der Waals surface area contributed by atoms with E-state index in [4.69, 9.17) is 0 Å². The molecule has 0 saturated carbocycles. The summed E-state index contributed by atoms with van der Waals surface area (Å²) in [5.74, 6) is -0.249. The lowest BCUT2D eigenvalue weighted by Gasteiger charge is -2.35. The highest BCUT2D eigenvalue weighted by Gasteiger charge is 2.22. The first-order valence-electron chi connectivity index (χ1n) is 9.40. The van der Waals surface area contributed by atoms with Crippen LogP contribution in [0.15, 0.2) is 46.1 Å². The molecule has 1 saturated heterocycles. The minimum atomic E-state index is -0.573. The molecule has 27 heavy (non-hydrogen) atoms. The molecular formula is C20H26N4O3. The van der Waals surface area contributed by atoms with Crippen LogP contribution in [0.25, 0.3) is 0 Å². The maximum absolute atomic E-state index is 12.4. The molecule has 3 rings (SSSR count). The van der Waals surface area contributed by atoms with Crippen LogP contribution in [0, 0.1) is 6.92 Å². The number of carbonyl (C=O) groups is 1. The van der Waals surface area contributed by atoms with E-state index >= 15 is 0 Å². The van der Waals surface area contributed by atoms with Crippen molar-refractivity contribution >= 4 is 5.91 Å². The Labute approximate surface area is 158 Å². The monoisotopic (exact) mass is 370 g/mol. The number of carbonyl (C=O) groups excluding carboxylic acids is 1. The van der Waals surface area contributed by atoms with Gasteiger partial charge < -0.3 is 5.32 Å². The first kappa shape index (κ1) is 19.1. The number of piperidine rings is 1. The second-order valence-corrected chi connectivity index (χ2v) is 7.03. The fourth-order valence-corrected chi connectivity index (χ4v) is 3.52. The van der Waals surface area contributed by atoms with Crippen LogP contribution in [0.4, 0.5) is 0 Å². The van der Waals surface area contributed by atoms with Crippen molar-refractivity contribution in [1.29, 1.82) is 0 Å².